The molecule has 1 atom stereocenters. The predicted molar refractivity (Wildman–Crippen MR) is 99.5 cm³/mol. The molecule has 1 unspecified atom stereocenters. The van der Waals surface area contributed by atoms with Crippen LogP contribution in [0, 0.1) is 5.82 Å². The lowest BCUT2D eigenvalue weighted by Crippen LogP contribution is -2.32. The van der Waals surface area contributed by atoms with Crippen molar-refractivity contribution < 1.29 is 9.18 Å². The number of benzene rings is 1. The highest BCUT2D eigenvalue weighted by molar-refractivity contribution is 7.99. The Labute approximate surface area is 150 Å². The number of hydrogen-bond acceptors (Lipinski definition) is 2. The summed E-state index contributed by atoms with van der Waals surface area (Å²) >= 11 is 1.73. The fourth-order valence-electron chi connectivity index (χ4n) is 3.31. The van der Waals surface area contributed by atoms with Gasteiger partial charge in [0.1, 0.15) is 5.82 Å². The molecule has 0 spiro atoms. The zero-order chi connectivity index (χ0) is 17.2. The van der Waals surface area contributed by atoms with Crippen molar-refractivity contribution in [1.29, 1.82) is 0 Å². The molecule has 1 aliphatic rings. The first-order valence-electron chi connectivity index (χ1n) is 8.44. The fraction of sp³-hybridized carbons (Fsp3) is 0.250. The summed E-state index contributed by atoms with van der Waals surface area (Å²) in [5, 5.41) is 0.104. The van der Waals surface area contributed by atoms with Gasteiger partial charge in [0, 0.05) is 47.6 Å². The van der Waals surface area contributed by atoms with E-state index in [2.05, 4.69) is 0 Å². The number of carbonyl (C=O) groups is 1. The molecule has 0 bridgehead atoms. The molecule has 0 saturated carbocycles. The molecule has 128 valence electrons. The second-order valence-corrected chi connectivity index (χ2v) is 7.53. The topological polar surface area (TPSA) is 24.7 Å². The summed E-state index contributed by atoms with van der Waals surface area (Å²) in [4.78, 5) is 14.8. The monoisotopic (exact) mass is 354 g/mol. The summed E-state index contributed by atoms with van der Waals surface area (Å²) in [7, 11) is 0. The minimum Gasteiger partial charge on any atom is -0.338 e. The molecule has 0 N–H and O–H groups in total. The standard InChI is InChI=1S/C20H19FN2OS/c21-18-7-2-1-6-17(18)19-8-10-22(11-12-25-19)20(24)15-13-16-5-3-4-9-23(16)14-15/h1-7,9,13-14,19H,8,10-12H2. The molecule has 3 heterocycles. The molecule has 2 aromatic heterocycles. The van der Waals surface area contributed by atoms with Crippen LogP contribution in [0.25, 0.3) is 5.52 Å². The lowest BCUT2D eigenvalue weighted by Gasteiger charge is -2.19. The molecule has 3 aromatic rings. The highest BCUT2D eigenvalue weighted by Crippen LogP contribution is 2.35. The van der Waals surface area contributed by atoms with E-state index >= 15 is 0 Å². The number of carbonyl (C=O) groups excluding carboxylic acids is 1. The first-order valence-corrected chi connectivity index (χ1v) is 9.49. The normalized spacial score (nSPS) is 18.3. The number of rotatable bonds is 2. The van der Waals surface area contributed by atoms with E-state index in [0.717, 1.165) is 23.3 Å². The minimum absolute atomic E-state index is 0.0542. The molecule has 4 rings (SSSR count). The van der Waals surface area contributed by atoms with E-state index < -0.39 is 0 Å². The number of aromatic nitrogens is 1. The molecule has 1 fully saturated rings. The Hall–Kier alpha value is -2.27. The number of amides is 1. The van der Waals surface area contributed by atoms with Gasteiger partial charge in [0.25, 0.3) is 5.91 Å². The van der Waals surface area contributed by atoms with Crippen LogP contribution in [0.15, 0.2) is 60.9 Å². The summed E-state index contributed by atoms with van der Waals surface area (Å²) in [5.41, 5.74) is 2.47. The van der Waals surface area contributed by atoms with Gasteiger partial charge in [-0.1, -0.05) is 24.3 Å². The third kappa shape index (κ3) is 3.29. The highest BCUT2D eigenvalue weighted by atomic mass is 32.2. The van der Waals surface area contributed by atoms with Crippen molar-refractivity contribution in [1.82, 2.24) is 9.30 Å². The van der Waals surface area contributed by atoms with Crippen LogP contribution in [0.3, 0.4) is 0 Å². The Balaban J connectivity index is 1.50. The molecule has 1 saturated heterocycles. The molecule has 1 amide bonds. The van der Waals surface area contributed by atoms with E-state index in [1.54, 1.807) is 17.8 Å². The van der Waals surface area contributed by atoms with Gasteiger partial charge in [0.15, 0.2) is 0 Å². The molecule has 25 heavy (non-hydrogen) atoms. The van der Waals surface area contributed by atoms with Crippen LogP contribution in [0.2, 0.25) is 0 Å². The SMILES string of the molecule is O=C(c1cc2ccccn2c1)N1CCSC(c2ccccc2F)CC1. The van der Waals surface area contributed by atoms with Gasteiger partial charge in [0.2, 0.25) is 0 Å². The predicted octanol–water partition coefficient (Wildman–Crippen LogP) is 4.40. The Bertz CT molecular complexity index is 874. The summed E-state index contributed by atoms with van der Waals surface area (Å²) in [6, 6.07) is 14.8. The minimum atomic E-state index is -0.154. The lowest BCUT2D eigenvalue weighted by molar-refractivity contribution is 0.0766. The van der Waals surface area contributed by atoms with Gasteiger partial charge in [-0.15, -0.1) is 0 Å². The number of halogens is 1. The zero-order valence-electron chi connectivity index (χ0n) is 13.8. The third-order valence-electron chi connectivity index (χ3n) is 4.63. The molecule has 3 nitrogen and oxygen atoms in total. The van der Waals surface area contributed by atoms with E-state index in [1.165, 1.54) is 6.07 Å². The molecule has 0 radical (unpaired) electrons. The number of thioether (sulfide) groups is 1. The maximum atomic E-state index is 14.0. The average Bonchev–Trinajstić information content (AvgIpc) is 2.92. The second kappa shape index (κ2) is 6.92. The van der Waals surface area contributed by atoms with Crippen LogP contribution >= 0.6 is 11.8 Å². The van der Waals surface area contributed by atoms with Gasteiger partial charge in [-0.05, 0) is 30.7 Å². The summed E-state index contributed by atoms with van der Waals surface area (Å²) in [5.74, 6) is 0.718. The highest BCUT2D eigenvalue weighted by Gasteiger charge is 2.24. The summed E-state index contributed by atoms with van der Waals surface area (Å²) in [6.07, 6.45) is 4.59. The lowest BCUT2D eigenvalue weighted by atomic mass is 10.1. The largest absolute Gasteiger partial charge is 0.338 e. The van der Waals surface area contributed by atoms with Crippen molar-refractivity contribution >= 4 is 23.2 Å². The molecule has 5 heteroatoms. The van der Waals surface area contributed by atoms with E-state index in [4.69, 9.17) is 0 Å². The molecular formula is C20H19FN2OS. The quantitative estimate of drug-likeness (QED) is 0.681. The van der Waals surface area contributed by atoms with Crippen LogP contribution in [0.5, 0.6) is 0 Å². The number of fused-ring (bicyclic) bond motifs is 1. The van der Waals surface area contributed by atoms with E-state index in [9.17, 15) is 9.18 Å². The number of hydrogen-bond donors (Lipinski definition) is 0. The average molecular weight is 354 g/mol. The molecule has 1 aliphatic heterocycles. The zero-order valence-corrected chi connectivity index (χ0v) is 14.6. The first kappa shape index (κ1) is 16.2. The Kier molecular flexibility index (Phi) is 4.49. The maximum absolute atomic E-state index is 14.0. The van der Waals surface area contributed by atoms with Gasteiger partial charge < -0.3 is 9.30 Å². The van der Waals surface area contributed by atoms with Crippen molar-refractivity contribution in [3.8, 4) is 0 Å². The van der Waals surface area contributed by atoms with Crippen molar-refractivity contribution in [3.05, 3.63) is 77.9 Å². The number of nitrogens with zero attached hydrogens (tertiary/aromatic N) is 2. The Morgan fingerprint density at radius 2 is 1.96 bits per heavy atom. The van der Waals surface area contributed by atoms with Gasteiger partial charge in [0.05, 0.1) is 5.56 Å². The van der Waals surface area contributed by atoms with Crippen molar-refractivity contribution in [2.45, 2.75) is 11.7 Å². The summed E-state index contributed by atoms with van der Waals surface area (Å²) < 4.78 is 16.0. The van der Waals surface area contributed by atoms with Gasteiger partial charge in [-0.3, -0.25) is 4.79 Å². The molecular weight excluding hydrogens is 335 g/mol. The van der Waals surface area contributed by atoms with Crippen molar-refractivity contribution in [2.75, 3.05) is 18.8 Å². The first-order chi connectivity index (χ1) is 12.2. The van der Waals surface area contributed by atoms with Gasteiger partial charge in [-0.25, -0.2) is 4.39 Å². The molecule has 1 aromatic carbocycles. The van der Waals surface area contributed by atoms with Crippen LogP contribution in [-0.2, 0) is 0 Å². The fourth-order valence-corrected chi connectivity index (χ4v) is 4.57. The third-order valence-corrected chi connectivity index (χ3v) is 5.94. The van der Waals surface area contributed by atoms with Crippen LogP contribution < -0.4 is 0 Å². The maximum Gasteiger partial charge on any atom is 0.255 e. The van der Waals surface area contributed by atoms with E-state index in [-0.39, 0.29) is 17.0 Å². The van der Waals surface area contributed by atoms with Crippen LogP contribution in [0.4, 0.5) is 4.39 Å². The van der Waals surface area contributed by atoms with Gasteiger partial charge in [-0.2, -0.15) is 11.8 Å². The number of pyridine rings is 1. The van der Waals surface area contributed by atoms with Crippen LogP contribution in [0.1, 0.15) is 27.6 Å². The Morgan fingerprint density at radius 3 is 2.80 bits per heavy atom. The van der Waals surface area contributed by atoms with E-state index in [0.29, 0.717) is 18.7 Å². The Morgan fingerprint density at radius 1 is 1.12 bits per heavy atom. The van der Waals surface area contributed by atoms with Gasteiger partial charge >= 0.3 is 0 Å². The summed E-state index contributed by atoms with van der Waals surface area (Å²) in [6.45, 7) is 1.34. The molecule has 0 aliphatic carbocycles. The van der Waals surface area contributed by atoms with Crippen molar-refractivity contribution in [3.63, 3.8) is 0 Å². The van der Waals surface area contributed by atoms with E-state index in [1.807, 2.05) is 58.1 Å². The second-order valence-electron chi connectivity index (χ2n) is 6.22. The smallest absolute Gasteiger partial charge is 0.255 e. The van der Waals surface area contributed by atoms with Crippen LogP contribution in [-0.4, -0.2) is 34.1 Å². The van der Waals surface area contributed by atoms with Crippen molar-refractivity contribution in [2.24, 2.45) is 0 Å².